The first-order valence-corrected chi connectivity index (χ1v) is 20.1. The van der Waals surface area contributed by atoms with Gasteiger partial charge >= 0.3 is 0 Å². The van der Waals surface area contributed by atoms with Crippen molar-refractivity contribution in [3.05, 3.63) is 128 Å². The summed E-state index contributed by atoms with van der Waals surface area (Å²) in [6.45, 7) is 3.85. The van der Waals surface area contributed by atoms with E-state index < -0.39 is 54.1 Å². The average Bonchev–Trinajstić information content (AvgIpc) is 3.46. The minimum atomic E-state index is -4.63. The molecule has 1 saturated heterocycles. The topological polar surface area (TPSA) is 117 Å². The number of benzene rings is 3. The van der Waals surface area contributed by atoms with Gasteiger partial charge in [0.1, 0.15) is 31.9 Å². The van der Waals surface area contributed by atoms with Crippen LogP contribution in [0.15, 0.2) is 94.6 Å². The van der Waals surface area contributed by atoms with E-state index in [0.717, 1.165) is 10.4 Å². The highest BCUT2D eigenvalue weighted by Crippen LogP contribution is 2.49. The van der Waals surface area contributed by atoms with E-state index in [1.807, 2.05) is 0 Å². The maximum atomic E-state index is 15.2. The van der Waals surface area contributed by atoms with Gasteiger partial charge in [0.25, 0.3) is 21.5 Å². The van der Waals surface area contributed by atoms with Crippen LogP contribution in [0.1, 0.15) is 46.9 Å². The molecule has 3 heterocycles. The van der Waals surface area contributed by atoms with Crippen LogP contribution in [0.5, 0.6) is 0 Å². The molecule has 0 unspecified atom stereocenters. The first-order valence-electron chi connectivity index (χ1n) is 16.1. The van der Waals surface area contributed by atoms with Gasteiger partial charge < -0.3 is 4.90 Å². The maximum absolute atomic E-state index is 15.2. The zero-order valence-electron chi connectivity index (χ0n) is 27.1. The van der Waals surface area contributed by atoms with Gasteiger partial charge in [0.05, 0.1) is 17.8 Å². The number of carbonyl (C=O) groups excluding carboxylic acids is 1. The minimum Gasteiger partial charge on any atom is -0.336 e. The molecule has 4 aromatic rings. The standard InChI is InChI=1S/C35H35Cl2FN4O6S2/c1-2-49(45,46)23-5-18-39-19-21-40(22-20-39)34(43)28-16-17-31-41(35(28)44)32(24-8-12-26(36)13-9-24)33(25-10-14-27(37)15-11-25)42(31)50(47,48)30-7-4-3-6-29(30)38/h3-4,6-17,32-33H,2,5,18-23H2,1H3/t32-,33+/m1/s1. The van der Waals surface area contributed by atoms with Gasteiger partial charge in [0, 0.05) is 42.0 Å². The summed E-state index contributed by atoms with van der Waals surface area (Å²) in [5.41, 5.74) is 0.167. The number of piperazine rings is 1. The second-order valence-corrected chi connectivity index (χ2v) is 17.4. The minimum absolute atomic E-state index is 0.0402. The van der Waals surface area contributed by atoms with Gasteiger partial charge in [0.15, 0.2) is 0 Å². The van der Waals surface area contributed by atoms with Crippen LogP contribution >= 0.6 is 23.2 Å². The molecule has 0 radical (unpaired) electrons. The number of anilines is 1. The van der Waals surface area contributed by atoms with Gasteiger partial charge in [-0.05, 0) is 72.6 Å². The van der Waals surface area contributed by atoms with E-state index in [2.05, 4.69) is 4.90 Å². The summed E-state index contributed by atoms with van der Waals surface area (Å²) in [7, 11) is -7.71. The number of carbonyl (C=O) groups is 1. The van der Waals surface area contributed by atoms with Crippen LogP contribution in [0.2, 0.25) is 10.0 Å². The van der Waals surface area contributed by atoms with E-state index in [4.69, 9.17) is 23.2 Å². The van der Waals surface area contributed by atoms with Crippen molar-refractivity contribution >= 4 is 54.8 Å². The van der Waals surface area contributed by atoms with Crippen molar-refractivity contribution in [2.75, 3.05) is 48.5 Å². The molecule has 1 aromatic heterocycles. The molecule has 6 rings (SSSR count). The number of amides is 1. The van der Waals surface area contributed by atoms with Gasteiger partial charge in [-0.3, -0.25) is 19.1 Å². The van der Waals surface area contributed by atoms with Gasteiger partial charge in [-0.2, -0.15) is 0 Å². The number of pyridine rings is 1. The van der Waals surface area contributed by atoms with Gasteiger partial charge in [-0.25, -0.2) is 25.5 Å². The van der Waals surface area contributed by atoms with E-state index in [-0.39, 0.29) is 22.9 Å². The molecule has 0 saturated carbocycles. The molecule has 15 heteroatoms. The predicted molar refractivity (Wildman–Crippen MR) is 192 cm³/mol. The summed E-state index contributed by atoms with van der Waals surface area (Å²) in [4.78, 5) is 31.6. The molecule has 0 N–H and O–H groups in total. The summed E-state index contributed by atoms with van der Waals surface area (Å²) in [5.74, 6) is -1.31. The Bertz CT molecular complexity index is 2170. The van der Waals surface area contributed by atoms with Crippen molar-refractivity contribution in [1.29, 1.82) is 0 Å². The number of fused-ring (bicyclic) bond motifs is 1. The third kappa shape index (κ3) is 7.06. The molecule has 50 heavy (non-hydrogen) atoms. The third-order valence-corrected chi connectivity index (χ3v) is 13.3. The maximum Gasteiger partial charge on any atom is 0.269 e. The Hall–Kier alpha value is -3.75. The second kappa shape index (κ2) is 14.5. The quantitative estimate of drug-likeness (QED) is 0.212. The highest BCUT2D eigenvalue weighted by molar-refractivity contribution is 7.93. The van der Waals surface area contributed by atoms with E-state index >= 15 is 4.39 Å². The molecule has 1 fully saturated rings. The van der Waals surface area contributed by atoms with E-state index in [0.29, 0.717) is 60.3 Å². The average molecular weight is 762 g/mol. The van der Waals surface area contributed by atoms with Crippen LogP contribution in [-0.2, 0) is 19.9 Å². The number of sulfone groups is 1. The van der Waals surface area contributed by atoms with Crippen molar-refractivity contribution in [1.82, 2.24) is 14.4 Å². The summed E-state index contributed by atoms with van der Waals surface area (Å²) < 4.78 is 70.2. The van der Waals surface area contributed by atoms with Crippen molar-refractivity contribution < 1.29 is 26.0 Å². The Labute approximate surface area is 300 Å². The number of hydrogen-bond donors (Lipinski definition) is 0. The Balaban J connectivity index is 1.42. The summed E-state index contributed by atoms with van der Waals surface area (Å²) >= 11 is 12.4. The Morgan fingerprint density at radius 1 is 0.800 bits per heavy atom. The highest BCUT2D eigenvalue weighted by Gasteiger charge is 2.48. The fourth-order valence-electron chi connectivity index (χ4n) is 6.57. The molecule has 264 valence electrons. The number of halogens is 3. The lowest BCUT2D eigenvalue weighted by atomic mass is 9.94. The molecular formula is C35H35Cl2FN4O6S2. The second-order valence-electron chi connectivity index (χ2n) is 12.2. The van der Waals surface area contributed by atoms with Gasteiger partial charge in [-0.15, -0.1) is 0 Å². The van der Waals surface area contributed by atoms with Crippen molar-refractivity contribution in [3.8, 4) is 0 Å². The number of hydrogen-bond acceptors (Lipinski definition) is 7. The number of aromatic nitrogens is 1. The molecule has 2 aliphatic heterocycles. The van der Waals surface area contributed by atoms with Crippen molar-refractivity contribution in [3.63, 3.8) is 0 Å². The molecule has 1 amide bonds. The largest absolute Gasteiger partial charge is 0.336 e. The smallest absolute Gasteiger partial charge is 0.269 e. The van der Waals surface area contributed by atoms with Crippen LogP contribution in [0.25, 0.3) is 0 Å². The van der Waals surface area contributed by atoms with Crippen LogP contribution in [0, 0.1) is 5.82 Å². The lowest BCUT2D eigenvalue weighted by Crippen LogP contribution is -2.50. The monoisotopic (exact) mass is 760 g/mol. The van der Waals surface area contributed by atoms with Crippen LogP contribution < -0.4 is 9.86 Å². The lowest BCUT2D eigenvalue weighted by Gasteiger charge is -2.34. The Kier molecular flexibility index (Phi) is 10.4. The molecular weight excluding hydrogens is 726 g/mol. The molecule has 2 aliphatic rings. The van der Waals surface area contributed by atoms with E-state index in [9.17, 15) is 26.4 Å². The predicted octanol–water partition coefficient (Wildman–Crippen LogP) is 5.42. The molecule has 0 aliphatic carbocycles. The van der Waals surface area contributed by atoms with Gasteiger partial charge in [-0.1, -0.05) is 66.5 Å². The lowest BCUT2D eigenvalue weighted by molar-refractivity contribution is 0.0635. The third-order valence-electron chi connectivity index (χ3n) is 9.21. The van der Waals surface area contributed by atoms with Gasteiger partial charge in [0.2, 0.25) is 0 Å². The fourth-order valence-corrected chi connectivity index (χ4v) is 9.38. The van der Waals surface area contributed by atoms with Crippen LogP contribution in [0.4, 0.5) is 10.2 Å². The highest BCUT2D eigenvalue weighted by atomic mass is 35.5. The molecule has 10 nitrogen and oxygen atoms in total. The summed E-state index contributed by atoms with van der Waals surface area (Å²) in [5, 5.41) is 0.834. The summed E-state index contributed by atoms with van der Waals surface area (Å²) in [6.07, 6.45) is 0.490. The zero-order valence-corrected chi connectivity index (χ0v) is 30.2. The molecule has 0 bridgehead atoms. The Morgan fingerprint density at radius 3 is 1.96 bits per heavy atom. The molecule has 3 aromatic carbocycles. The zero-order chi connectivity index (χ0) is 35.8. The normalized spacial score (nSPS) is 18.3. The first-order chi connectivity index (χ1) is 23.8. The first kappa shape index (κ1) is 36.1. The number of nitrogens with zero attached hydrogens (tertiary/aromatic N) is 4. The van der Waals surface area contributed by atoms with Crippen molar-refractivity contribution in [2.24, 2.45) is 0 Å². The Morgan fingerprint density at radius 2 is 1.38 bits per heavy atom. The van der Waals surface area contributed by atoms with E-state index in [1.165, 1.54) is 34.9 Å². The van der Waals surface area contributed by atoms with E-state index in [1.54, 1.807) is 60.4 Å². The number of rotatable bonds is 10. The fraction of sp³-hybridized carbons (Fsp3) is 0.314. The van der Waals surface area contributed by atoms with Crippen molar-refractivity contribution in [2.45, 2.75) is 30.3 Å². The van der Waals surface area contributed by atoms with Crippen LogP contribution in [-0.4, -0.2) is 81.3 Å². The summed E-state index contributed by atoms with van der Waals surface area (Å²) in [6, 6.07) is 18.8. The number of sulfonamides is 1. The molecule has 2 atom stereocenters. The molecule has 0 spiro atoms. The SMILES string of the molecule is CCS(=O)(=O)CCCN1CCN(C(=O)c2ccc3n(c2=O)[C@H](c2ccc(Cl)cc2)[C@H](c2ccc(Cl)cc2)N3S(=O)(=O)c2ccccc2F)CC1. The van der Waals surface area contributed by atoms with Crippen LogP contribution in [0.3, 0.4) is 0 Å².